The molecule has 1 aromatic carbocycles. The number of methoxy groups -OCH3 is 1. The predicted octanol–water partition coefficient (Wildman–Crippen LogP) is 4.29. The molecule has 6 nitrogen and oxygen atoms in total. The van der Waals surface area contributed by atoms with Crippen molar-refractivity contribution in [3.05, 3.63) is 46.9 Å². The van der Waals surface area contributed by atoms with E-state index in [0.29, 0.717) is 18.1 Å². The summed E-state index contributed by atoms with van der Waals surface area (Å²) < 4.78 is 16.5. The molecule has 0 radical (unpaired) electrons. The van der Waals surface area contributed by atoms with Gasteiger partial charge in [-0.3, -0.25) is 4.79 Å². The summed E-state index contributed by atoms with van der Waals surface area (Å²) >= 11 is 0. The van der Waals surface area contributed by atoms with Gasteiger partial charge in [0.2, 0.25) is 5.91 Å². The van der Waals surface area contributed by atoms with Crippen molar-refractivity contribution in [1.82, 2.24) is 10.1 Å². The first-order valence-corrected chi connectivity index (χ1v) is 9.47. The molecule has 1 aliphatic heterocycles. The third-order valence-corrected chi connectivity index (χ3v) is 5.28. The van der Waals surface area contributed by atoms with Crippen molar-refractivity contribution in [1.29, 1.82) is 0 Å². The largest absolute Gasteiger partial charge is 0.493 e. The lowest BCUT2D eigenvalue weighted by Gasteiger charge is -2.53. The Hall–Kier alpha value is -2.76. The van der Waals surface area contributed by atoms with Gasteiger partial charge in [0, 0.05) is 17.7 Å². The van der Waals surface area contributed by atoms with Gasteiger partial charge in [-0.1, -0.05) is 11.2 Å². The van der Waals surface area contributed by atoms with E-state index in [1.807, 2.05) is 43.0 Å². The van der Waals surface area contributed by atoms with E-state index >= 15 is 0 Å². The van der Waals surface area contributed by atoms with E-state index < -0.39 is 0 Å². The van der Waals surface area contributed by atoms with Crippen molar-refractivity contribution in [2.75, 3.05) is 7.11 Å². The number of nitrogens with zero attached hydrogens (tertiary/aromatic N) is 2. The average Bonchev–Trinajstić information content (AvgIpc) is 2.95. The number of carbonyl (C=O) groups excluding carboxylic acids is 1. The van der Waals surface area contributed by atoms with E-state index in [1.165, 1.54) is 0 Å². The fraction of sp³-hybridized carbons (Fsp3) is 0.455. The Morgan fingerprint density at radius 2 is 2.11 bits per heavy atom. The van der Waals surface area contributed by atoms with Crippen LogP contribution in [-0.2, 0) is 11.4 Å². The molecule has 1 aliphatic rings. The molecule has 0 bridgehead atoms. The Balaban J connectivity index is 1.70. The average molecular weight is 384 g/mol. The van der Waals surface area contributed by atoms with E-state index in [1.54, 1.807) is 13.2 Å². The molecular formula is C22H28N2O4. The molecule has 1 atom stereocenters. The zero-order chi connectivity index (χ0) is 20.5. The second kappa shape index (κ2) is 7.70. The van der Waals surface area contributed by atoms with Crippen LogP contribution in [0.4, 0.5) is 0 Å². The highest BCUT2D eigenvalue weighted by atomic mass is 16.5. The molecule has 0 N–H and O–H groups in total. The van der Waals surface area contributed by atoms with Gasteiger partial charge in [0.1, 0.15) is 12.4 Å². The summed E-state index contributed by atoms with van der Waals surface area (Å²) in [5.74, 6) is 2.02. The molecule has 2 heterocycles. The fourth-order valence-electron chi connectivity index (χ4n) is 3.93. The standard InChI is InChI=1S/C22H28N2O4/c1-14-12-22(4,5)24(14)21(25)10-8-17-7-9-19(20(11-17)26-6)27-13-18-15(2)23-28-16(18)3/h7-11,14H,12-13H2,1-6H3/b10-8-/t14-/m1/s1. The summed E-state index contributed by atoms with van der Waals surface area (Å²) in [4.78, 5) is 14.4. The maximum absolute atomic E-state index is 12.5. The monoisotopic (exact) mass is 384 g/mol. The van der Waals surface area contributed by atoms with Gasteiger partial charge in [-0.05, 0) is 64.8 Å². The molecule has 1 aromatic heterocycles. The van der Waals surface area contributed by atoms with E-state index in [0.717, 1.165) is 29.0 Å². The molecule has 2 aromatic rings. The summed E-state index contributed by atoms with van der Waals surface area (Å²) in [5, 5.41) is 3.94. The molecule has 0 spiro atoms. The maximum atomic E-state index is 12.5. The van der Waals surface area contributed by atoms with Gasteiger partial charge in [0.15, 0.2) is 11.5 Å². The second-order valence-electron chi connectivity index (χ2n) is 7.91. The summed E-state index contributed by atoms with van der Waals surface area (Å²) in [5.41, 5.74) is 2.55. The third kappa shape index (κ3) is 3.91. The van der Waals surface area contributed by atoms with E-state index in [2.05, 4.69) is 25.9 Å². The lowest BCUT2D eigenvalue weighted by Crippen LogP contribution is -2.63. The third-order valence-electron chi connectivity index (χ3n) is 5.28. The summed E-state index contributed by atoms with van der Waals surface area (Å²) in [6.07, 6.45) is 4.46. The second-order valence-corrected chi connectivity index (χ2v) is 7.91. The lowest BCUT2D eigenvalue weighted by atomic mass is 9.82. The van der Waals surface area contributed by atoms with Crippen LogP contribution in [0, 0.1) is 13.8 Å². The predicted molar refractivity (Wildman–Crippen MR) is 107 cm³/mol. The normalized spacial score (nSPS) is 18.2. The minimum Gasteiger partial charge on any atom is -0.493 e. The molecule has 28 heavy (non-hydrogen) atoms. The van der Waals surface area contributed by atoms with Crippen LogP contribution in [0.25, 0.3) is 6.08 Å². The molecule has 1 saturated heterocycles. The van der Waals surface area contributed by atoms with E-state index in [4.69, 9.17) is 14.0 Å². The zero-order valence-electron chi connectivity index (χ0n) is 17.4. The number of hydrogen-bond donors (Lipinski definition) is 0. The van der Waals surface area contributed by atoms with Crippen molar-refractivity contribution in [3.63, 3.8) is 0 Å². The van der Waals surface area contributed by atoms with Gasteiger partial charge >= 0.3 is 0 Å². The van der Waals surface area contributed by atoms with Crippen molar-refractivity contribution in [2.45, 2.75) is 59.2 Å². The number of rotatable bonds is 6. The number of hydrogen-bond acceptors (Lipinski definition) is 5. The number of likely N-dealkylation sites (tertiary alicyclic amines) is 1. The minimum absolute atomic E-state index is 0.0291. The van der Waals surface area contributed by atoms with Crippen LogP contribution in [0.5, 0.6) is 11.5 Å². The van der Waals surface area contributed by atoms with Crippen molar-refractivity contribution >= 4 is 12.0 Å². The number of aromatic nitrogens is 1. The van der Waals surface area contributed by atoms with Crippen LogP contribution >= 0.6 is 0 Å². The summed E-state index contributed by atoms with van der Waals surface area (Å²) in [6, 6.07) is 5.88. The smallest absolute Gasteiger partial charge is 0.247 e. The Bertz CT molecular complexity index is 878. The molecule has 0 unspecified atom stereocenters. The van der Waals surface area contributed by atoms with Gasteiger partial charge in [0.25, 0.3) is 0 Å². The molecule has 150 valence electrons. The molecule has 1 amide bonds. The summed E-state index contributed by atoms with van der Waals surface area (Å²) in [7, 11) is 1.60. The molecule has 0 saturated carbocycles. The lowest BCUT2D eigenvalue weighted by molar-refractivity contribution is -0.146. The highest BCUT2D eigenvalue weighted by Crippen LogP contribution is 2.36. The first-order chi connectivity index (χ1) is 13.2. The SMILES string of the molecule is COc1cc(/C=C\C(=O)N2[C@H](C)CC2(C)C)ccc1OCc1c(C)noc1C. The number of carbonyl (C=O) groups is 1. The minimum atomic E-state index is -0.0750. The first-order valence-electron chi connectivity index (χ1n) is 9.47. The van der Waals surface area contributed by atoms with Crippen LogP contribution in [0.2, 0.25) is 0 Å². The van der Waals surface area contributed by atoms with Crippen molar-refractivity contribution < 1.29 is 18.8 Å². The van der Waals surface area contributed by atoms with Gasteiger partial charge in [-0.15, -0.1) is 0 Å². The fourth-order valence-corrected chi connectivity index (χ4v) is 3.93. The number of aryl methyl sites for hydroxylation is 2. The van der Waals surface area contributed by atoms with Crippen LogP contribution in [-0.4, -0.2) is 34.7 Å². The summed E-state index contributed by atoms with van der Waals surface area (Å²) in [6.45, 7) is 10.4. The topological polar surface area (TPSA) is 64.8 Å². The first kappa shape index (κ1) is 20.0. The quantitative estimate of drug-likeness (QED) is 0.695. The van der Waals surface area contributed by atoms with Crippen molar-refractivity contribution in [2.24, 2.45) is 0 Å². The van der Waals surface area contributed by atoms with Crippen molar-refractivity contribution in [3.8, 4) is 11.5 Å². The van der Waals surface area contributed by atoms with Crippen LogP contribution in [0.15, 0.2) is 28.8 Å². The highest BCUT2D eigenvalue weighted by Gasteiger charge is 2.44. The van der Waals surface area contributed by atoms with E-state index in [-0.39, 0.29) is 17.5 Å². The Morgan fingerprint density at radius 1 is 1.36 bits per heavy atom. The molecule has 6 heteroatoms. The molecule has 1 fully saturated rings. The Kier molecular flexibility index (Phi) is 5.49. The molecule has 0 aliphatic carbocycles. The number of ether oxygens (including phenoxy) is 2. The Morgan fingerprint density at radius 3 is 2.68 bits per heavy atom. The van der Waals surface area contributed by atoms with Gasteiger partial charge in [0.05, 0.1) is 18.4 Å². The van der Waals surface area contributed by atoms with Gasteiger partial charge in [-0.2, -0.15) is 0 Å². The van der Waals surface area contributed by atoms with Crippen LogP contribution in [0.1, 0.15) is 49.8 Å². The van der Waals surface area contributed by atoms with Gasteiger partial charge < -0.3 is 18.9 Å². The van der Waals surface area contributed by atoms with Crippen LogP contribution in [0.3, 0.4) is 0 Å². The number of amides is 1. The van der Waals surface area contributed by atoms with Crippen LogP contribution < -0.4 is 9.47 Å². The zero-order valence-corrected chi connectivity index (χ0v) is 17.4. The molecule has 3 rings (SSSR count). The maximum Gasteiger partial charge on any atom is 0.247 e. The number of benzene rings is 1. The Labute approximate surface area is 166 Å². The van der Waals surface area contributed by atoms with E-state index in [9.17, 15) is 4.79 Å². The molecular weight excluding hydrogens is 356 g/mol. The highest BCUT2D eigenvalue weighted by molar-refractivity contribution is 5.93. The van der Waals surface area contributed by atoms with Gasteiger partial charge in [-0.25, -0.2) is 0 Å².